The number of nitro benzene ring substituents is 1. The molecule has 1 saturated heterocycles. The average molecular weight is 505 g/mol. The lowest BCUT2D eigenvalue weighted by Crippen LogP contribution is -2.43. The van der Waals surface area contributed by atoms with Gasteiger partial charge >= 0.3 is 0 Å². The Morgan fingerprint density at radius 2 is 1.53 bits per heavy atom. The third kappa shape index (κ3) is 4.75. The largest absolute Gasteiger partial charge is 0.269 e. The molecule has 0 radical (unpaired) electrons. The molecule has 34 heavy (non-hydrogen) atoms. The lowest BCUT2D eigenvalue weighted by Gasteiger charge is -2.38. The summed E-state index contributed by atoms with van der Waals surface area (Å²) in [4.78, 5) is 10.5. The maximum Gasteiger partial charge on any atom is 0.269 e. The fraction of sp³-hybridized carbons (Fsp3) is 0.615. The topological polar surface area (TPSA) is 80.5 Å². The average Bonchev–Trinajstić information content (AvgIpc) is 2.91. The van der Waals surface area contributed by atoms with Gasteiger partial charge in [0.1, 0.15) is 8.07 Å². The highest BCUT2D eigenvalue weighted by molar-refractivity contribution is 7.89. The number of benzene rings is 1. The molecular weight excluding hydrogens is 464 g/mol. The van der Waals surface area contributed by atoms with Crippen LogP contribution in [0.15, 0.2) is 41.3 Å². The van der Waals surface area contributed by atoms with Crippen molar-refractivity contribution < 1.29 is 13.3 Å². The summed E-state index contributed by atoms with van der Waals surface area (Å²) in [6.07, 6.45) is 0.544. The quantitative estimate of drug-likeness (QED) is 0.139. The molecule has 1 aromatic carbocycles. The van der Waals surface area contributed by atoms with Gasteiger partial charge in [0.2, 0.25) is 10.0 Å². The summed E-state index contributed by atoms with van der Waals surface area (Å²) in [6, 6.07) is 5.05. The Hall–Kier alpha value is -1.95. The molecule has 0 aromatic heterocycles. The zero-order chi connectivity index (χ0) is 26.3. The molecule has 188 valence electrons. The van der Waals surface area contributed by atoms with E-state index in [9.17, 15) is 18.5 Å². The number of hydrogen-bond acceptors (Lipinski definition) is 4. The minimum atomic E-state index is -3.88. The van der Waals surface area contributed by atoms with Crippen molar-refractivity contribution in [2.45, 2.75) is 95.8 Å². The van der Waals surface area contributed by atoms with Gasteiger partial charge in [-0.3, -0.25) is 10.1 Å². The molecule has 0 amide bonds. The number of hydrogen-bond donors (Lipinski definition) is 0. The Morgan fingerprint density at radius 3 is 1.94 bits per heavy atom. The van der Waals surface area contributed by atoms with Crippen molar-refractivity contribution in [1.29, 1.82) is 0 Å². The van der Waals surface area contributed by atoms with Gasteiger partial charge in [-0.2, -0.15) is 4.31 Å². The third-order valence-electron chi connectivity index (χ3n) is 7.87. The van der Waals surface area contributed by atoms with Crippen LogP contribution in [0.1, 0.15) is 68.7 Å². The van der Waals surface area contributed by atoms with Crippen LogP contribution in [0.4, 0.5) is 5.69 Å². The molecule has 1 unspecified atom stereocenters. The molecule has 0 aliphatic carbocycles. The minimum absolute atomic E-state index is 0.0418. The molecule has 2 rings (SSSR count). The van der Waals surface area contributed by atoms with Crippen molar-refractivity contribution in [1.82, 2.24) is 4.31 Å². The molecule has 0 N–H and O–H groups in total. The van der Waals surface area contributed by atoms with E-state index in [0.29, 0.717) is 23.0 Å². The van der Waals surface area contributed by atoms with E-state index in [1.165, 1.54) is 28.6 Å². The van der Waals surface area contributed by atoms with Crippen LogP contribution in [0.3, 0.4) is 0 Å². The Kier molecular flexibility index (Phi) is 7.98. The van der Waals surface area contributed by atoms with Crippen molar-refractivity contribution in [3.63, 3.8) is 0 Å². The Labute approximate surface area is 207 Å². The smallest absolute Gasteiger partial charge is 0.258 e. The summed E-state index contributed by atoms with van der Waals surface area (Å²) in [6.45, 7) is 24.0. The lowest BCUT2D eigenvalue weighted by atomic mass is 9.77. The maximum absolute atomic E-state index is 13.6. The zero-order valence-corrected chi connectivity index (χ0v) is 23.9. The van der Waals surface area contributed by atoms with Gasteiger partial charge in [-0.15, -0.1) is 11.5 Å². The predicted molar refractivity (Wildman–Crippen MR) is 142 cm³/mol. The van der Waals surface area contributed by atoms with Gasteiger partial charge in [0, 0.05) is 30.5 Å². The van der Waals surface area contributed by atoms with E-state index >= 15 is 0 Å². The Morgan fingerprint density at radius 1 is 1.06 bits per heavy atom. The van der Waals surface area contributed by atoms with Crippen LogP contribution in [0.2, 0.25) is 16.6 Å². The monoisotopic (exact) mass is 504 g/mol. The van der Waals surface area contributed by atoms with Crippen LogP contribution in [0.25, 0.3) is 0 Å². The molecule has 0 bridgehead atoms. The molecule has 1 aromatic rings. The summed E-state index contributed by atoms with van der Waals surface area (Å²) in [5, 5.41) is 11.0. The van der Waals surface area contributed by atoms with Crippen LogP contribution in [-0.2, 0) is 10.0 Å². The maximum atomic E-state index is 13.6. The number of nitrogens with zero attached hydrogens (tertiary/aromatic N) is 2. The van der Waals surface area contributed by atoms with Gasteiger partial charge in [-0.1, -0.05) is 55.0 Å². The molecule has 1 atom stereocenters. The molecule has 6 nitrogen and oxygen atoms in total. The number of non-ortho nitro benzene ring substituents is 1. The second kappa shape index (κ2) is 9.60. The molecule has 8 heteroatoms. The summed E-state index contributed by atoms with van der Waals surface area (Å²) >= 11 is 0. The van der Waals surface area contributed by atoms with E-state index in [1.807, 2.05) is 20.8 Å². The molecular formula is C26H40N2O4SSi. The third-order valence-corrected chi connectivity index (χ3v) is 16.2. The van der Waals surface area contributed by atoms with Crippen LogP contribution < -0.4 is 0 Å². The molecule has 1 aliphatic rings. The number of rotatable bonds is 7. The first-order valence-corrected chi connectivity index (χ1v) is 15.6. The van der Waals surface area contributed by atoms with E-state index in [1.54, 1.807) is 0 Å². The fourth-order valence-corrected chi connectivity index (χ4v) is 12.9. The van der Waals surface area contributed by atoms with Gasteiger partial charge in [-0.05, 0) is 48.2 Å². The summed E-state index contributed by atoms with van der Waals surface area (Å²) in [7, 11) is -5.76. The van der Waals surface area contributed by atoms with Crippen molar-refractivity contribution in [3.8, 4) is 11.5 Å². The second-order valence-corrected chi connectivity index (χ2v) is 18.7. The number of nitro groups is 1. The van der Waals surface area contributed by atoms with Gasteiger partial charge < -0.3 is 0 Å². The van der Waals surface area contributed by atoms with Crippen LogP contribution in [-0.4, -0.2) is 37.8 Å². The van der Waals surface area contributed by atoms with Crippen molar-refractivity contribution in [3.05, 3.63) is 46.5 Å². The van der Waals surface area contributed by atoms with Crippen LogP contribution >= 0.6 is 0 Å². The highest BCUT2D eigenvalue weighted by Gasteiger charge is 2.53. The van der Waals surface area contributed by atoms with Crippen LogP contribution in [0.5, 0.6) is 0 Å². The number of sulfonamides is 1. The SMILES string of the molecule is C=C1C(C)(CC#C[Si](C(C)C)(C(C)C)C(C)C)CN(S(=O)(=O)c2ccc([N+](=O)[O-])cc2)C1(C)C. The summed E-state index contributed by atoms with van der Waals surface area (Å²) in [5.74, 6) is 3.51. The predicted octanol–water partition coefficient (Wildman–Crippen LogP) is 6.55. The zero-order valence-electron chi connectivity index (χ0n) is 22.1. The van der Waals surface area contributed by atoms with Crippen molar-refractivity contribution in [2.24, 2.45) is 5.41 Å². The summed E-state index contributed by atoms with van der Waals surface area (Å²) < 4.78 is 28.6. The lowest BCUT2D eigenvalue weighted by molar-refractivity contribution is -0.384. The van der Waals surface area contributed by atoms with E-state index in [-0.39, 0.29) is 17.1 Å². The molecule has 0 saturated carbocycles. The molecule has 1 aliphatic heterocycles. The van der Waals surface area contributed by atoms with Crippen molar-refractivity contribution >= 4 is 23.8 Å². The van der Waals surface area contributed by atoms with Gasteiger partial charge in [0.05, 0.1) is 15.4 Å². The second-order valence-electron chi connectivity index (χ2n) is 11.2. The van der Waals surface area contributed by atoms with Crippen molar-refractivity contribution in [2.75, 3.05) is 6.54 Å². The van der Waals surface area contributed by atoms with Gasteiger partial charge in [0.15, 0.2) is 0 Å². The Bertz CT molecular complexity index is 1090. The highest BCUT2D eigenvalue weighted by Crippen LogP contribution is 2.50. The first-order valence-electron chi connectivity index (χ1n) is 11.9. The minimum Gasteiger partial charge on any atom is -0.258 e. The first-order chi connectivity index (χ1) is 15.4. The highest BCUT2D eigenvalue weighted by atomic mass is 32.2. The van der Waals surface area contributed by atoms with E-state index in [0.717, 1.165) is 5.57 Å². The van der Waals surface area contributed by atoms with Crippen LogP contribution in [0, 0.1) is 27.0 Å². The van der Waals surface area contributed by atoms with E-state index < -0.39 is 34.0 Å². The Balaban J connectivity index is 2.43. The molecule has 0 spiro atoms. The van der Waals surface area contributed by atoms with E-state index in [4.69, 9.17) is 0 Å². The molecule has 1 fully saturated rings. The van der Waals surface area contributed by atoms with E-state index in [2.05, 4.69) is 59.6 Å². The fourth-order valence-electron chi connectivity index (χ4n) is 5.74. The molecule has 1 heterocycles. The summed E-state index contributed by atoms with van der Waals surface area (Å²) in [5.41, 5.74) is 4.72. The normalized spacial score (nSPS) is 21.2. The van der Waals surface area contributed by atoms with Gasteiger partial charge in [0.25, 0.3) is 5.69 Å². The van der Waals surface area contributed by atoms with Gasteiger partial charge in [-0.25, -0.2) is 8.42 Å². The first kappa shape index (κ1) is 28.3. The standard InChI is InChI=1S/C26H40N2O4SSi/c1-19(2)34(20(3)4,21(5)6)17-11-16-26(10)18-27(25(8,9)22(26)7)33(31,32)24-14-12-23(13-15-24)28(29)30/h12-15,19-21H,7,16,18H2,1-6,8-10H3.